The number of hydrogen-bond donors (Lipinski definition) is 3. The number of halogens is 2. The van der Waals surface area contributed by atoms with Crippen molar-refractivity contribution in [1.82, 2.24) is 5.32 Å². The maximum atomic E-state index is 13.9. The number of carbonyl (C=O) groups excluding carboxylic acids is 2. The van der Waals surface area contributed by atoms with Crippen molar-refractivity contribution in [3.63, 3.8) is 0 Å². The Morgan fingerprint density at radius 3 is 2.41 bits per heavy atom. The Morgan fingerprint density at radius 2 is 1.69 bits per heavy atom. The molecule has 166 valence electrons. The van der Waals surface area contributed by atoms with Gasteiger partial charge in [0.15, 0.2) is 0 Å². The van der Waals surface area contributed by atoms with Crippen LogP contribution in [-0.2, 0) is 0 Å². The topological polar surface area (TPSA) is 82.7 Å². The summed E-state index contributed by atoms with van der Waals surface area (Å²) in [4.78, 5) is 26.3. The Morgan fingerprint density at radius 1 is 0.938 bits per heavy atom. The lowest BCUT2D eigenvalue weighted by Crippen LogP contribution is -2.42. The molecule has 32 heavy (non-hydrogen) atoms. The van der Waals surface area contributed by atoms with Crippen LogP contribution in [0, 0.1) is 11.6 Å². The number of benzene rings is 3. The largest absolute Gasteiger partial charge is 0.497 e. The number of nitrogens with zero attached hydrogens (tertiary/aromatic N) is 1. The molecule has 0 fully saturated rings. The summed E-state index contributed by atoms with van der Waals surface area (Å²) in [5.74, 6) is -0.454. The first-order valence-corrected chi connectivity index (χ1v) is 9.74. The molecule has 0 atom stereocenters. The summed E-state index contributed by atoms with van der Waals surface area (Å²) in [6, 6.07) is 16.7. The maximum Gasteiger partial charge on any atom is 0.326 e. The first-order valence-electron chi connectivity index (χ1n) is 9.74. The molecule has 0 spiro atoms. The summed E-state index contributed by atoms with van der Waals surface area (Å²) in [7, 11) is 1.52. The van der Waals surface area contributed by atoms with Crippen LogP contribution in [-0.4, -0.2) is 32.3 Å². The Balaban J connectivity index is 1.64. The van der Waals surface area contributed by atoms with Crippen LogP contribution in [0.2, 0.25) is 0 Å². The van der Waals surface area contributed by atoms with Crippen LogP contribution in [0.15, 0.2) is 72.8 Å². The van der Waals surface area contributed by atoms with Gasteiger partial charge in [-0.05, 0) is 48.5 Å². The van der Waals surface area contributed by atoms with Crippen LogP contribution in [0.4, 0.5) is 35.4 Å². The molecule has 0 radical (unpaired) electrons. The molecule has 0 aliphatic rings. The third-order valence-electron chi connectivity index (χ3n) is 4.45. The van der Waals surface area contributed by atoms with Crippen LogP contribution in [0.5, 0.6) is 5.75 Å². The number of methoxy groups -OCH3 is 1. The van der Waals surface area contributed by atoms with Gasteiger partial charge in [-0.25, -0.2) is 18.4 Å². The summed E-state index contributed by atoms with van der Waals surface area (Å²) in [6.07, 6.45) is 0. The number of urea groups is 2. The highest BCUT2D eigenvalue weighted by Gasteiger charge is 2.17. The minimum Gasteiger partial charge on any atom is -0.497 e. The van der Waals surface area contributed by atoms with Crippen molar-refractivity contribution in [3.05, 3.63) is 84.4 Å². The molecule has 0 aromatic heterocycles. The Labute approximate surface area is 184 Å². The van der Waals surface area contributed by atoms with Gasteiger partial charge in [-0.15, -0.1) is 0 Å². The van der Waals surface area contributed by atoms with Gasteiger partial charge in [0.25, 0.3) is 0 Å². The van der Waals surface area contributed by atoms with Gasteiger partial charge < -0.3 is 20.7 Å². The summed E-state index contributed by atoms with van der Waals surface area (Å²) >= 11 is 0. The molecule has 7 nitrogen and oxygen atoms in total. The molecule has 0 saturated heterocycles. The van der Waals surface area contributed by atoms with Crippen LogP contribution >= 0.6 is 0 Å². The first-order chi connectivity index (χ1) is 15.5. The van der Waals surface area contributed by atoms with E-state index in [0.29, 0.717) is 17.1 Å². The maximum absolute atomic E-state index is 13.9. The molecular weight excluding hydrogens is 418 g/mol. The fourth-order valence-electron chi connectivity index (χ4n) is 2.87. The highest BCUT2D eigenvalue weighted by atomic mass is 19.1. The second kappa shape index (κ2) is 10.8. The number of para-hydroxylation sites is 1. The van der Waals surface area contributed by atoms with E-state index in [-0.39, 0.29) is 18.8 Å². The SMILES string of the molecule is COc1cccc(NC(=O)NCCN(C(=O)Nc2ccccc2F)c2ccc(F)cc2)c1. The van der Waals surface area contributed by atoms with Crippen molar-refractivity contribution in [2.75, 3.05) is 35.7 Å². The molecule has 9 heteroatoms. The van der Waals surface area contributed by atoms with Crippen molar-refractivity contribution >= 4 is 29.1 Å². The fourth-order valence-corrected chi connectivity index (χ4v) is 2.87. The minimum atomic E-state index is -0.628. The standard InChI is InChI=1S/C23H22F2N4O3/c1-32-19-6-4-5-17(15-19)27-22(30)26-13-14-29(18-11-9-16(24)10-12-18)23(31)28-21-8-3-2-7-20(21)25/h2-12,15H,13-14H2,1H3,(H,28,31)(H2,26,27,30). The summed E-state index contributed by atoms with van der Waals surface area (Å²) < 4.78 is 32.4. The highest BCUT2D eigenvalue weighted by molar-refractivity contribution is 6.01. The number of amides is 4. The van der Waals surface area contributed by atoms with Gasteiger partial charge in [0, 0.05) is 30.5 Å². The van der Waals surface area contributed by atoms with Crippen molar-refractivity contribution in [1.29, 1.82) is 0 Å². The van der Waals surface area contributed by atoms with Crippen LogP contribution in [0.25, 0.3) is 0 Å². The molecule has 3 rings (SSSR count). The fraction of sp³-hybridized carbons (Fsp3) is 0.130. The highest BCUT2D eigenvalue weighted by Crippen LogP contribution is 2.19. The molecule has 3 aromatic carbocycles. The summed E-state index contributed by atoms with van der Waals surface area (Å²) in [5.41, 5.74) is 0.929. The van der Waals surface area contributed by atoms with E-state index in [9.17, 15) is 18.4 Å². The molecule has 4 amide bonds. The lowest BCUT2D eigenvalue weighted by molar-refractivity contribution is 0.250. The van der Waals surface area contributed by atoms with Gasteiger partial charge in [-0.3, -0.25) is 4.90 Å². The van der Waals surface area contributed by atoms with E-state index in [0.717, 1.165) is 0 Å². The lowest BCUT2D eigenvalue weighted by Gasteiger charge is -2.23. The van der Waals surface area contributed by atoms with Gasteiger partial charge in [-0.2, -0.15) is 0 Å². The summed E-state index contributed by atoms with van der Waals surface area (Å²) in [6.45, 7) is 0.134. The van der Waals surface area contributed by atoms with Gasteiger partial charge in [-0.1, -0.05) is 18.2 Å². The van der Waals surface area contributed by atoms with E-state index in [1.54, 1.807) is 30.3 Å². The molecule has 0 unspecified atom stereocenters. The monoisotopic (exact) mass is 440 g/mol. The minimum absolute atomic E-state index is 0.00772. The smallest absolute Gasteiger partial charge is 0.326 e. The molecule has 0 bridgehead atoms. The van der Waals surface area contributed by atoms with Crippen molar-refractivity contribution < 1.29 is 23.1 Å². The number of nitrogens with one attached hydrogen (secondary N) is 3. The van der Waals surface area contributed by atoms with Gasteiger partial charge in [0.1, 0.15) is 17.4 Å². The summed E-state index contributed by atoms with van der Waals surface area (Å²) in [5, 5.41) is 7.81. The van der Waals surface area contributed by atoms with Crippen molar-refractivity contribution in [3.8, 4) is 5.75 Å². The van der Waals surface area contributed by atoms with Gasteiger partial charge >= 0.3 is 12.1 Å². The zero-order valence-corrected chi connectivity index (χ0v) is 17.3. The molecular formula is C23H22F2N4O3. The Kier molecular flexibility index (Phi) is 7.58. The molecule has 0 saturated carbocycles. The van der Waals surface area contributed by atoms with Gasteiger partial charge in [0.2, 0.25) is 0 Å². The average molecular weight is 440 g/mol. The first kappa shape index (κ1) is 22.5. The molecule has 0 aliphatic carbocycles. The molecule has 3 aromatic rings. The van der Waals surface area contributed by atoms with E-state index in [2.05, 4.69) is 16.0 Å². The average Bonchev–Trinajstić information content (AvgIpc) is 2.79. The number of rotatable bonds is 7. The number of carbonyl (C=O) groups is 2. The second-order valence-corrected chi connectivity index (χ2v) is 6.65. The third kappa shape index (κ3) is 6.18. The Bertz CT molecular complexity index is 1080. The lowest BCUT2D eigenvalue weighted by atomic mass is 10.2. The van der Waals surface area contributed by atoms with Crippen LogP contribution in [0.3, 0.4) is 0 Å². The van der Waals surface area contributed by atoms with Crippen molar-refractivity contribution in [2.45, 2.75) is 0 Å². The van der Waals surface area contributed by atoms with E-state index in [1.165, 1.54) is 54.5 Å². The number of hydrogen-bond acceptors (Lipinski definition) is 3. The molecule has 0 heterocycles. The molecule has 0 aliphatic heterocycles. The number of anilines is 3. The Hall–Kier alpha value is -4.14. The van der Waals surface area contributed by atoms with Crippen LogP contribution in [0.1, 0.15) is 0 Å². The van der Waals surface area contributed by atoms with E-state index in [4.69, 9.17) is 4.74 Å². The van der Waals surface area contributed by atoms with Crippen molar-refractivity contribution in [2.24, 2.45) is 0 Å². The quantitative estimate of drug-likeness (QED) is 0.492. The number of ether oxygens (including phenoxy) is 1. The van der Waals surface area contributed by atoms with E-state index in [1.807, 2.05) is 0 Å². The predicted octanol–water partition coefficient (Wildman–Crippen LogP) is 4.83. The van der Waals surface area contributed by atoms with Gasteiger partial charge in [0.05, 0.1) is 12.8 Å². The van der Waals surface area contributed by atoms with E-state index >= 15 is 0 Å². The second-order valence-electron chi connectivity index (χ2n) is 6.65. The zero-order chi connectivity index (χ0) is 22.9. The predicted molar refractivity (Wildman–Crippen MR) is 119 cm³/mol. The third-order valence-corrected chi connectivity index (χ3v) is 4.45. The molecule has 3 N–H and O–H groups in total. The van der Waals surface area contributed by atoms with Crippen LogP contribution < -0.4 is 25.6 Å². The van der Waals surface area contributed by atoms with E-state index < -0.39 is 23.7 Å². The normalized spacial score (nSPS) is 10.2. The zero-order valence-electron chi connectivity index (χ0n) is 17.3.